The Labute approximate surface area is 195 Å². The summed E-state index contributed by atoms with van der Waals surface area (Å²) in [6, 6.07) is 31.0. The van der Waals surface area contributed by atoms with Gasteiger partial charge in [0.2, 0.25) is 0 Å². The molecule has 0 spiro atoms. The molecular weight excluding hydrogens is 417 g/mol. The van der Waals surface area contributed by atoms with Crippen molar-refractivity contribution < 1.29 is 0 Å². The van der Waals surface area contributed by atoms with Crippen LogP contribution in [-0.2, 0) is 0 Å². The summed E-state index contributed by atoms with van der Waals surface area (Å²) in [6.45, 7) is 15.2. The molecule has 5 rings (SSSR count). The van der Waals surface area contributed by atoms with Crippen LogP contribution in [-0.4, -0.2) is 16.1 Å². The molecule has 0 unspecified atom stereocenters. The van der Waals surface area contributed by atoms with Gasteiger partial charge in [0.15, 0.2) is 0 Å². The molecule has 0 saturated carbocycles. The van der Waals surface area contributed by atoms with E-state index in [0.717, 1.165) is 0 Å². The third-order valence-corrected chi connectivity index (χ3v) is 10.6. The van der Waals surface area contributed by atoms with Gasteiger partial charge >= 0.3 is 0 Å². The number of hydrogen-bond acceptors (Lipinski definition) is 0. The summed E-state index contributed by atoms with van der Waals surface area (Å²) in [7, 11) is -2.88. The van der Waals surface area contributed by atoms with E-state index < -0.39 is 16.1 Å². The number of benzene rings is 4. The van der Waals surface area contributed by atoms with Crippen molar-refractivity contribution in [1.29, 1.82) is 0 Å². The maximum atomic E-state index is 2.56. The van der Waals surface area contributed by atoms with Gasteiger partial charge in [0.1, 0.15) is 0 Å². The number of allylic oxidation sites excluding steroid dienone is 2. The third kappa shape index (κ3) is 3.70. The zero-order chi connectivity index (χ0) is 22.7. The summed E-state index contributed by atoms with van der Waals surface area (Å²) in [5.41, 5.74) is 8.36. The zero-order valence-corrected chi connectivity index (χ0v) is 22.3. The Kier molecular flexibility index (Phi) is 5.07. The number of hydrogen-bond donors (Lipinski definition) is 0. The highest BCUT2D eigenvalue weighted by Gasteiger charge is 2.42. The highest BCUT2D eigenvalue weighted by atomic mass is 28.3. The van der Waals surface area contributed by atoms with Crippen LogP contribution in [0.4, 0.5) is 0 Å². The molecule has 0 fully saturated rings. The van der Waals surface area contributed by atoms with Crippen molar-refractivity contribution in [1.82, 2.24) is 0 Å². The molecule has 4 aromatic carbocycles. The molecule has 0 bridgehead atoms. The van der Waals surface area contributed by atoms with Gasteiger partial charge in [-0.2, -0.15) is 0 Å². The minimum absolute atomic E-state index is 0.524. The Morgan fingerprint density at radius 1 is 0.656 bits per heavy atom. The van der Waals surface area contributed by atoms with Gasteiger partial charge in [0.25, 0.3) is 0 Å². The van der Waals surface area contributed by atoms with Crippen molar-refractivity contribution >= 4 is 48.8 Å². The molecule has 1 atom stereocenters. The lowest BCUT2D eigenvalue weighted by Gasteiger charge is -2.31. The predicted molar refractivity (Wildman–Crippen MR) is 149 cm³/mol. The third-order valence-electron chi connectivity index (χ3n) is 6.83. The molecule has 0 heterocycles. The summed E-state index contributed by atoms with van der Waals surface area (Å²) < 4.78 is 0. The SMILES string of the molecule is C[Si](C)(C)CC1=C(c2ccc3ccccc3c2)[C@@H]([Si](C)(C)C)c2c1ccc1ccccc21. The summed E-state index contributed by atoms with van der Waals surface area (Å²) in [5.74, 6) is 0. The first-order chi connectivity index (χ1) is 15.1. The Balaban J connectivity index is 1.85. The highest BCUT2D eigenvalue weighted by molar-refractivity contribution is 6.81. The molecular formula is C30H34Si2. The van der Waals surface area contributed by atoms with E-state index in [1.807, 2.05) is 0 Å². The van der Waals surface area contributed by atoms with Crippen LogP contribution >= 0.6 is 0 Å². The van der Waals surface area contributed by atoms with E-state index in [4.69, 9.17) is 0 Å². The van der Waals surface area contributed by atoms with Gasteiger partial charge in [-0.05, 0) is 61.5 Å². The molecule has 0 aliphatic heterocycles. The van der Waals surface area contributed by atoms with Gasteiger partial charge in [-0.1, -0.05) is 112 Å². The summed E-state index contributed by atoms with van der Waals surface area (Å²) in [6.07, 6.45) is 0. The Bertz CT molecular complexity index is 1360. The topological polar surface area (TPSA) is 0 Å². The Morgan fingerprint density at radius 3 is 1.97 bits per heavy atom. The molecule has 0 saturated heterocycles. The van der Waals surface area contributed by atoms with Crippen LogP contribution in [0.5, 0.6) is 0 Å². The molecule has 4 aromatic rings. The van der Waals surface area contributed by atoms with Gasteiger partial charge in [0.05, 0.1) is 8.07 Å². The summed E-state index contributed by atoms with van der Waals surface area (Å²) in [4.78, 5) is 0. The first kappa shape index (κ1) is 21.4. The molecule has 0 amide bonds. The normalized spacial score (nSPS) is 16.8. The molecule has 1 aliphatic rings. The van der Waals surface area contributed by atoms with Crippen LogP contribution < -0.4 is 0 Å². The van der Waals surface area contributed by atoms with Gasteiger partial charge in [-0.25, -0.2) is 0 Å². The fraction of sp³-hybridized carbons (Fsp3) is 0.267. The quantitative estimate of drug-likeness (QED) is 0.272. The monoisotopic (exact) mass is 450 g/mol. The number of rotatable bonds is 4. The summed E-state index contributed by atoms with van der Waals surface area (Å²) >= 11 is 0. The minimum Gasteiger partial charge on any atom is -0.0693 e. The maximum Gasteiger partial charge on any atom is 0.0574 e. The van der Waals surface area contributed by atoms with Crippen molar-refractivity contribution in [2.24, 2.45) is 0 Å². The second kappa shape index (κ2) is 7.57. The van der Waals surface area contributed by atoms with Crippen molar-refractivity contribution in [3.63, 3.8) is 0 Å². The molecule has 0 nitrogen and oxygen atoms in total. The van der Waals surface area contributed by atoms with E-state index in [0.29, 0.717) is 5.54 Å². The number of fused-ring (bicyclic) bond motifs is 4. The van der Waals surface area contributed by atoms with Crippen molar-refractivity contribution in [2.75, 3.05) is 0 Å². The van der Waals surface area contributed by atoms with Gasteiger partial charge in [-0.15, -0.1) is 0 Å². The maximum absolute atomic E-state index is 2.56. The molecule has 32 heavy (non-hydrogen) atoms. The predicted octanol–water partition coefficient (Wildman–Crippen LogP) is 9.22. The van der Waals surface area contributed by atoms with E-state index in [-0.39, 0.29) is 0 Å². The second-order valence-corrected chi connectivity index (χ2v) is 22.5. The molecule has 0 radical (unpaired) electrons. The molecule has 162 valence electrons. The van der Waals surface area contributed by atoms with Gasteiger partial charge in [-0.3, -0.25) is 0 Å². The average molecular weight is 451 g/mol. The van der Waals surface area contributed by atoms with Crippen LogP contribution in [0.1, 0.15) is 22.2 Å². The van der Waals surface area contributed by atoms with Gasteiger partial charge in [0, 0.05) is 13.6 Å². The van der Waals surface area contributed by atoms with E-state index in [1.54, 1.807) is 16.7 Å². The van der Waals surface area contributed by atoms with E-state index in [2.05, 4.69) is 118 Å². The minimum atomic E-state index is -1.57. The van der Waals surface area contributed by atoms with Crippen LogP contribution in [0.15, 0.2) is 78.9 Å². The van der Waals surface area contributed by atoms with Crippen LogP contribution in [0.2, 0.25) is 45.3 Å². The smallest absolute Gasteiger partial charge is 0.0574 e. The van der Waals surface area contributed by atoms with E-state index in [1.165, 1.54) is 38.7 Å². The lowest BCUT2D eigenvalue weighted by atomic mass is 9.96. The van der Waals surface area contributed by atoms with Crippen molar-refractivity contribution in [3.05, 3.63) is 95.6 Å². The molecule has 2 heteroatoms. The molecule has 0 aromatic heterocycles. The average Bonchev–Trinajstić information content (AvgIpc) is 3.07. The van der Waals surface area contributed by atoms with Crippen molar-refractivity contribution in [2.45, 2.75) is 50.9 Å². The molecule has 0 N–H and O–H groups in total. The van der Waals surface area contributed by atoms with Crippen LogP contribution in [0.25, 0.3) is 32.7 Å². The van der Waals surface area contributed by atoms with Crippen LogP contribution in [0, 0.1) is 0 Å². The van der Waals surface area contributed by atoms with E-state index >= 15 is 0 Å². The molecule has 1 aliphatic carbocycles. The lowest BCUT2D eigenvalue weighted by Crippen LogP contribution is -2.31. The van der Waals surface area contributed by atoms with Crippen molar-refractivity contribution in [3.8, 4) is 0 Å². The largest absolute Gasteiger partial charge is 0.0693 e. The Morgan fingerprint density at radius 2 is 1.28 bits per heavy atom. The highest BCUT2D eigenvalue weighted by Crippen LogP contribution is 2.55. The summed E-state index contributed by atoms with van der Waals surface area (Å²) in [5, 5.41) is 5.51. The fourth-order valence-corrected chi connectivity index (χ4v) is 9.44. The van der Waals surface area contributed by atoms with E-state index in [9.17, 15) is 0 Å². The van der Waals surface area contributed by atoms with Gasteiger partial charge < -0.3 is 0 Å². The first-order valence-corrected chi connectivity index (χ1v) is 19.2. The standard InChI is InChI=1S/C30H34Si2/c1-31(2,3)20-27-26-18-17-22-12-9-10-14-25(22)29(26)30(32(4,5)6)28(27)24-16-15-21-11-7-8-13-23(21)19-24/h7-19,30H,20H2,1-6H3/t30-/m1/s1. The Hall–Kier alpha value is -2.43. The van der Waals surface area contributed by atoms with Crippen LogP contribution in [0.3, 0.4) is 0 Å². The fourth-order valence-electron chi connectivity index (χ4n) is 5.62. The first-order valence-electron chi connectivity index (χ1n) is 11.9. The lowest BCUT2D eigenvalue weighted by molar-refractivity contribution is 1.20. The second-order valence-electron chi connectivity index (χ2n) is 11.7. The zero-order valence-electron chi connectivity index (χ0n) is 20.3.